The van der Waals surface area contributed by atoms with Gasteiger partial charge in [0.15, 0.2) is 0 Å². The van der Waals surface area contributed by atoms with Crippen LogP contribution in [0.15, 0.2) is 30.5 Å². The first-order valence-corrected chi connectivity index (χ1v) is 6.78. The molecule has 2 aromatic rings. The summed E-state index contributed by atoms with van der Waals surface area (Å²) in [5.41, 5.74) is 2.32. The van der Waals surface area contributed by atoms with E-state index in [9.17, 15) is 4.79 Å². The average molecular weight is 261 g/mol. The molecule has 1 aromatic carbocycles. The molecule has 0 radical (unpaired) electrons. The van der Waals surface area contributed by atoms with Crippen LogP contribution in [0.25, 0.3) is 10.6 Å². The second kappa shape index (κ2) is 5.78. The van der Waals surface area contributed by atoms with Crippen molar-refractivity contribution in [2.45, 2.75) is 20.3 Å². The Labute approximate surface area is 110 Å². The van der Waals surface area contributed by atoms with Gasteiger partial charge in [0.1, 0.15) is 9.88 Å². The van der Waals surface area contributed by atoms with Gasteiger partial charge in [0.05, 0.1) is 12.8 Å². The summed E-state index contributed by atoms with van der Waals surface area (Å²) in [5, 5.41) is 0.855. The molecule has 0 bridgehead atoms. The zero-order valence-electron chi connectivity index (χ0n) is 10.5. The molecule has 2 rings (SSSR count). The maximum Gasteiger partial charge on any atom is 0.349 e. The number of nitrogens with zero attached hydrogens (tertiary/aromatic N) is 1. The fraction of sp³-hybridized carbons (Fsp3) is 0.286. The van der Waals surface area contributed by atoms with Crippen LogP contribution >= 0.6 is 11.3 Å². The Bertz CT molecular complexity index is 548. The molecule has 0 fully saturated rings. The molecule has 0 aliphatic heterocycles. The van der Waals surface area contributed by atoms with Crippen LogP contribution in [0.5, 0.6) is 0 Å². The third-order valence-corrected chi connectivity index (χ3v) is 3.59. The lowest BCUT2D eigenvalue weighted by Gasteiger charge is -1.99. The van der Waals surface area contributed by atoms with Gasteiger partial charge in [-0.1, -0.05) is 25.1 Å². The highest BCUT2D eigenvalue weighted by Crippen LogP contribution is 2.26. The molecule has 0 saturated heterocycles. The summed E-state index contributed by atoms with van der Waals surface area (Å²) < 4.78 is 4.95. The van der Waals surface area contributed by atoms with Crippen LogP contribution < -0.4 is 0 Å². The lowest BCUT2D eigenvalue weighted by molar-refractivity contribution is 0.0532. The maximum absolute atomic E-state index is 11.6. The molecule has 0 saturated carbocycles. The minimum Gasteiger partial charge on any atom is -0.462 e. The number of rotatable bonds is 4. The first kappa shape index (κ1) is 12.8. The topological polar surface area (TPSA) is 39.2 Å². The van der Waals surface area contributed by atoms with Gasteiger partial charge in [-0.15, -0.1) is 11.3 Å². The van der Waals surface area contributed by atoms with Crippen LogP contribution in [0.1, 0.15) is 29.1 Å². The van der Waals surface area contributed by atoms with Crippen molar-refractivity contribution in [2.24, 2.45) is 0 Å². The van der Waals surface area contributed by atoms with Crippen molar-refractivity contribution in [1.82, 2.24) is 4.98 Å². The van der Waals surface area contributed by atoms with Crippen molar-refractivity contribution in [2.75, 3.05) is 6.61 Å². The second-order valence-electron chi connectivity index (χ2n) is 3.80. The molecule has 0 aliphatic rings. The van der Waals surface area contributed by atoms with E-state index in [1.807, 2.05) is 12.1 Å². The Morgan fingerprint density at radius 2 is 2.22 bits per heavy atom. The molecule has 0 unspecified atom stereocenters. The summed E-state index contributed by atoms with van der Waals surface area (Å²) in [7, 11) is 0. The number of hydrogen-bond donors (Lipinski definition) is 0. The van der Waals surface area contributed by atoms with Gasteiger partial charge in [0.2, 0.25) is 0 Å². The van der Waals surface area contributed by atoms with Gasteiger partial charge in [-0.25, -0.2) is 9.78 Å². The number of carbonyl (C=O) groups is 1. The van der Waals surface area contributed by atoms with E-state index < -0.39 is 0 Å². The van der Waals surface area contributed by atoms with E-state index in [4.69, 9.17) is 4.74 Å². The summed E-state index contributed by atoms with van der Waals surface area (Å²) in [4.78, 5) is 16.4. The lowest BCUT2D eigenvalue weighted by atomic mass is 10.1. The molecular weight excluding hydrogens is 246 g/mol. The van der Waals surface area contributed by atoms with Crippen LogP contribution in [0.4, 0.5) is 0 Å². The SMILES string of the molecule is CCOC(=O)c1cnc(-c2cccc(CC)c2)s1. The van der Waals surface area contributed by atoms with Crippen LogP contribution in [0.2, 0.25) is 0 Å². The fourth-order valence-corrected chi connectivity index (χ4v) is 2.43. The molecular formula is C14H15NO2S. The number of carbonyl (C=O) groups excluding carboxylic acids is 1. The van der Waals surface area contributed by atoms with Gasteiger partial charge in [-0.2, -0.15) is 0 Å². The van der Waals surface area contributed by atoms with E-state index in [2.05, 4.69) is 24.0 Å². The summed E-state index contributed by atoms with van der Waals surface area (Å²) in [6, 6.07) is 8.21. The Morgan fingerprint density at radius 1 is 1.39 bits per heavy atom. The van der Waals surface area contributed by atoms with Gasteiger partial charge in [0.25, 0.3) is 0 Å². The van der Waals surface area contributed by atoms with E-state index in [1.165, 1.54) is 16.9 Å². The highest BCUT2D eigenvalue weighted by atomic mass is 32.1. The van der Waals surface area contributed by atoms with E-state index in [0.29, 0.717) is 11.5 Å². The number of aromatic nitrogens is 1. The van der Waals surface area contributed by atoms with Gasteiger partial charge in [-0.3, -0.25) is 0 Å². The van der Waals surface area contributed by atoms with Crippen LogP contribution in [-0.2, 0) is 11.2 Å². The van der Waals surface area contributed by atoms with Crippen molar-refractivity contribution in [3.8, 4) is 10.6 Å². The van der Waals surface area contributed by atoms with Crippen LogP contribution in [-0.4, -0.2) is 17.6 Å². The Hall–Kier alpha value is -1.68. The van der Waals surface area contributed by atoms with E-state index in [-0.39, 0.29) is 5.97 Å². The summed E-state index contributed by atoms with van der Waals surface area (Å²) in [5.74, 6) is -0.298. The van der Waals surface area contributed by atoms with Crippen molar-refractivity contribution >= 4 is 17.3 Å². The van der Waals surface area contributed by atoms with E-state index in [0.717, 1.165) is 17.0 Å². The largest absolute Gasteiger partial charge is 0.462 e. The molecule has 3 nitrogen and oxygen atoms in total. The molecule has 1 heterocycles. The summed E-state index contributed by atoms with van der Waals surface area (Å²) >= 11 is 1.37. The molecule has 0 amide bonds. The first-order chi connectivity index (χ1) is 8.74. The quantitative estimate of drug-likeness (QED) is 0.790. The number of esters is 1. The molecule has 94 valence electrons. The second-order valence-corrected chi connectivity index (χ2v) is 4.83. The summed E-state index contributed by atoms with van der Waals surface area (Å²) in [6.45, 7) is 4.30. The molecule has 0 N–H and O–H groups in total. The molecule has 1 aromatic heterocycles. The number of aryl methyl sites for hydroxylation is 1. The van der Waals surface area contributed by atoms with Crippen molar-refractivity contribution < 1.29 is 9.53 Å². The third kappa shape index (κ3) is 2.76. The first-order valence-electron chi connectivity index (χ1n) is 5.96. The minimum absolute atomic E-state index is 0.298. The van der Waals surface area contributed by atoms with Gasteiger partial charge >= 0.3 is 5.97 Å². The van der Waals surface area contributed by atoms with Gasteiger partial charge in [-0.05, 0) is 25.0 Å². The number of benzene rings is 1. The fourth-order valence-electron chi connectivity index (χ4n) is 1.63. The highest BCUT2D eigenvalue weighted by molar-refractivity contribution is 7.16. The molecule has 0 aliphatic carbocycles. The molecule has 18 heavy (non-hydrogen) atoms. The van der Waals surface area contributed by atoms with Gasteiger partial charge < -0.3 is 4.74 Å². The maximum atomic E-state index is 11.6. The zero-order chi connectivity index (χ0) is 13.0. The number of thiazole rings is 1. The zero-order valence-corrected chi connectivity index (χ0v) is 11.3. The van der Waals surface area contributed by atoms with E-state index in [1.54, 1.807) is 13.1 Å². The predicted molar refractivity (Wildman–Crippen MR) is 72.9 cm³/mol. The number of ether oxygens (including phenoxy) is 1. The standard InChI is InChI=1S/C14H15NO2S/c1-3-10-6-5-7-11(8-10)13-15-9-12(18-13)14(16)17-4-2/h5-9H,3-4H2,1-2H3. The van der Waals surface area contributed by atoms with Crippen molar-refractivity contribution in [1.29, 1.82) is 0 Å². The highest BCUT2D eigenvalue weighted by Gasteiger charge is 2.12. The third-order valence-electron chi connectivity index (χ3n) is 2.56. The lowest BCUT2D eigenvalue weighted by Crippen LogP contribution is -2.01. The van der Waals surface area contributed by atoms with Crippen LogP contribution in [0.3, 0.4) is 0 Å². The van der Waals surface area contributed by atoms with Crippen molar-refractivity contribution in [3.05, 3.63) is 40.9 Å². The molecule has 0 spiro atoms. The van der Waals surface area contributed by atoms with E-state index >= 15 is 0 Å². The Balaban J connectivity index is 2.26. The smallest absolute Gasteiger partial charge is 0.349 e. The van der Waals surface area contributed by atoms with Gasteiger partial charge in [0, 0.05) is 5.56 Å². The molecule has 4 heteroatoms. The van der Waals surface area contributed by atoms with Crippen molar-refractivity contribution in [3.63, 3.8) is 0 Å². The normalized spacial score (nSPS) is 10.3. The monoisotopic (exact) mass is 261 g/mol. The van der Waals surface area contributed by atoms with Crippen LogP contribution in [0, 0.1) is 0 Å². The minimum atomic E-state index is -0.298. The number of hydrogen-bond acceptors (Lipinski definition) is 4. The molecule has 0 atom stereocenters. The summed E-state index contributed by atoms with van der Waals surface area (Å²) in [6.07, 6.45) is 2.57. The average Bonchev–Trinajstić information content (AvgIpc) is 2.89. The Kier molecular flexibility index (Phi) is 4.10. The Morgan fingerprint density at radius 3 is 2.94 bits per heavy atom. The predicted octanol–water partition coefficient (Wildman–Crippen LogP) is 3.55.